The van der Waals surface area contributed by atoms with E-state index in [1.165, 1.54) is 0 Å². The predicted octanol–water partition coefficient (Wildman–Crippen LogP) is 2.47. The highest BCUT2D eigenvalue weighted by molar-refractivity contribution is 6.18. The van der Waals surface area contributed by atoms with E-state index in [0.29, 0.717) is 18.8 Å². The second-order valence-corrected chi connectivity index (χ2v) is 5.11. The zero-order valence-electron chi connectivity index (χ0n) is 10.7. The zero-order chi connectivity index (χ0) is 13.1. The van der Waals surface area contributed by atoms with Crippen molar-refractivity contribution in [3.8, 4) is 5.75 Å². The first-order valence-corrected chi connectivity index (χ1v) is 6.78. The van der Waals surface area contributed by atoms with Crippen molar-refractivity contribution < 1.29 is 9.53 Å². The van der Waals surface area contributed by atoms with Crippen molar-refractivity contribution in [1.29, 1.82) is 0 Å². The van der Waals surface area contributed by atoms with Gasteiger partial charge < -0.3 is 9.64 Å². The number of alkyl halides is 1. The Bertz CT molecular complexity index is 409. The molecule has 0 radical (unpaired) electrons. The number of hydrogen-bond donors (Lipinski definition) is 0. The topological polar surface area (TPSA) is 29.5 Å². The van der Waals surface area contributed by atoms with E-state index >= 15 is 0 Å². The van der Waals surface area contributed by atoms with Gasteiger partial charge >= 0.3 is 0 Å². The van der Waals surface area contributed by atoms with Gasteiger partial charge in [0.25, 0.3) is 5.91 Å². The number of carbonyl (C=O) groups excluding carboxylic acids is 1. The van der Waals surface area contributed by atoms with E-state index in [-0.39, 0.29) is 11.9 Å². The Morgan fingerprint density at radius 1 is 1.50 bits per heavy atom. The summed E-state index contributed by atoms with van der Waals surface area (Å²) in [6.07, 6.45) is 0.258. The van der Waals surface area contributed by atoms with Crippen LogP contribution in [0.25, 0.3) is 0 Å². The largest absolute Gasteiger partial charge is 0.480 e. The fourth-order valence-corrected chi connectivity index (χ4v) is 2.40. The zero-order valence-corrected chi connectivity index (χ0v) is 11.5. The molecule has 1 amide bonds. The van der Waals surface area contributed by atoms with Crippen LogP contribution in [0.3, 0.4) is 0 Å². The molecule has 0 saturated heterocycles. The molecule has 0 N–H and O–H groups in total. The van der Waals surface area contributed by atoms with E-state index < -0.39 is 6.10 Å². The molecular weight excluding hydrogens is 250 g/mol. The van der Waals surface area contributed by atoms with Crippen LogP contribution in [0.5, 0.6) is 5.75 Å². The molecule has 0 spiro atoms. The SMILES string of the molecule is CC(C)N(CCCl)C(=O)C1Cc2ccccc2O1. The van der Waals surface area contributed by atoms with Crippen molar-refractivity contribution in [3.05, 3.63) is 29.8 Å². The second-order valence-electron chi connectivity index (χ2n) is 4.73. The quantitative estimate of drug-likeness (QED) is 0.785. The summed E-state index contributed by atoms with van der Waals surface area (Å²) in [6.45, 7) is 4.55. The monoisotopic (exact) mass is 267 g/mol. The molecule has 1 aliphatic rings. The molecule has 1 atom stereocenters. The molecule has 1 aromatic carbocycles. The van der Waals surface area contributed by atoms with Crippen LogP contribution >= 0.6 is 11.6 Å². The van der Waals surface area contributed by atoms with Crippen molar-refractivity contribution in [3.63, 3.8) is 0 Å². The van der Waals surface area contributed by atoms with E-state index in [9.17, 15) is 4.79 Å². The minimum Gasteiger partial charge on any atom is -0.480 e. The van der Waals surface area contributed by atoms with Gasteiger partial charge in [-0.1, -0.05) is 18.2 Å². The van der Waals surface area contributed by atoms with Crippen molar-refractivity contribution in [2.45, 2.75) is 32.4 Å². The van der Waals surface area contributed by atoms with Crippen LogP contribution < -0.4 is 4.74 Å². The highest BCUT2D eigenvalue weighted by Crippen LogP contribution is 2.29. The third-order valence-corrected chi connectivity index (χ3v) is 3.32. The Balaban J connectivity index is 2.08. The molecular formula is C14H18ClNO2. The number of amides is 1. The fourth-order valence-electron chi connectivity index (χ4n) is 2.22. The second kappa shape index (κ2) is 5.61. The molecule has 1 heterocycles. The van der Waals surface area contributed by atoms with Gasteiger partial charge in [0, 0.05) is 24.9 Å². The number of para-hydroxylation sites is 1. The normalized spacial score (nSPS) is 17.4. The van der Waals surface area contributed by atoms with Gasteiger partial charge in [0.15, 0.2) is 6.10 Å². The van der Waals surface area contributed by atoms with Crippen LogP contribution in [-0.4, -0.2) is 35.4 Å². The van der Waals surface area contributed by atoms with E-state index in [1.54, 1.807) is 4.90 Å². The Kier molecular flexibility index (Phi) is 4.12. The summed E-state index contributed by atoms with van der Waals surface area (Å²) in [5.74, 6) is 1.30. The lowest BCUT2D eigenvalue weighted by Crippen LogP contribution is -2.45. The molecule has 4 heteroatoms. The summed E-state index contributed by atoms with van der Waals surface area (Å²) in [7, 11) is 0. The van der Waals surface area contributed by atoms with Crippen LogP contribution in [0.2, 0.25) is 0 Å². The van der Waals surface area contributed by atoms with Gasteiger partial charge in [-0.25, -0.2) is 0 Å². The summed E-state index contributed by atoms with van der Waals surface area (Å²) in [5, 5.41) is 0. The first kappa shape index (κ1) is 13.2. The number of fused-ring (bicyclic) bond motifs is 1. The van der Waals surface area contributed by atoms with Crippen LogP contribution in [0, 0.1) is 0 Å². The molecule has 2 rings (SSSR count). The minimum absolute atomic E-state index is 0.0295. The van der Waals surface area contributed by atoms with Crippen LogP contribution in [-0.2, 0) is 11.2 Å². The number of carbonyl (C=O) groups is 1. The fraction of sp³-hybridized carbons (Fsp3) is 0.500. The van der Waals surface area contributed by atoms with Gasteiger partial charge in [0.1, 0.15) is 5.75 Å². The lowest BCUT2D eigenvalue weighted by Gasteiger charge is -2.28. The standard InChI is InChI=1S/C14H18ClNO2/c1-10(2)16(8-7-15)14(17)13-9-11-5-3-4-6-12(11)18-13/h3-6,10,13H,7-9H2,1-2H3. The predicted molar refractivity (Wildman–Crippen MR) is 72.1 cm³/mol. The molecule has 0 saturated carbocycles. The summed E-state index contributed by atoms with van der Waals surface area (Å²) in [6, 6.07) is 7.94. The molecule has 0 aliphatic carbocycles. The first-order valence-electron chi connectivity index (χ1n) is 6.24. The lowest BCUT2D eigenvalue weighted by atomic mass is 10.1. The average molecular weight is 268 g/mol. The molecule has 0 aromatic heterocycles. The number of nitrogens with zero attached hydrogens (tertiary/aromatic N) is 1. The van der Waals surface area contributed by atoms with Gasteiger partial charge in [0.05, 0.1) is 0 Å². The molecule has 1 unspecified atom stereocenters. The number of halogens is 1. The Morgan fingerprint density at radius 2 is 2.22 bits per heavy atom. The van der Waals surface area contributed by atoms with Gasteiger partial charge in [-0.3, -0.25) is 4.79 Å². The summed E-state index contributed by atoms with van der Waals surface area (Å²) in [4.78, 5) is 14.2. The molecule has 0 fully saturated rings. The molecule has 3 nitrogen and oxygen atoms in total. The van der Waals surface area contributed by atoms with Crippen LogP contribution in [0.4, 0.5) is 0 Å². The summed E-state index contributed by atoms with van der Waals surface area (Å²) in [5.41, 5.74) is 1.10. The maximum Gasteiger partial charge on any atom is 0.264 e. The smallest absolute Gasteiger partial charge is 0.264 e. The third-order valence-electron chi connectivity index (χ3n) is 3.15. The van der Waals surface area contributed by atoms with Gasteiger partial charge in [-0.15, -0.1) is 11.6 Å². The van der Waals surface area contributed by atoms with Crippen molar-refractivity contribution >= 4 is 17.5 Å². The van der Waals surface area contributed by atoms with Crippen molar-refractivity contribution in [1.82, 2.24) is 4.90 Å². The number of benzene rings is 1. The lowest BCUT2D eigenvalue weighted by molar-refractivity contribution is -0.139. The summed E-state index contributed by atoms with van der Waals surface area (Å²) >= 11 is 5.75. The van der Waals surface area contributed by atoms with E-state index in [4.69, 9.17) is 16.3 Å². The van der Waals surface area contributed by atoms with Gasteiger partial charge in [-0.2, -0.15) is 0 Å². The highest BCUT2D eigenvalue weighted by atomic mass is 35.5. The number of rotatable bonds is 4. The number of ether oxygens (including phenoxy) is 1. The van der Waals surface area contributed by atoms with Crippen molar-refractivity contribution in [2.75, 3.05) is 12.4 Å². The molecule has 1 aromatic rings. The molecule has 0 bridgehead atoms. The van der Waals surface area contributed by atoms with E-state index in [2.05, 4.69) is 0 Å². The van der Waals surface area contributed by atoms with E-state index in [1.807, 2.05) is 38.1 Å². The minimum atomic E-state index is -0.395. The average Bonchev–Trinajstić information content (AvgIpc) is 2.78. The molecule has 98 valence electrons. The van der Waals surface area contributed by atoms with Gasteiger partial charge in [0.2, 0.25) is 0 Å². The van der Waals surface area contributed by atoms with Gasteiger partial charge in [-0.05, 0) is 25.5 Å². The van der Waals surface area contributed by atoms with Crippen LogP contribution in [0.1, 0.15) is 19.4 Å². The molecule has 1 aliphatic heterocycles. The Hall–Kier alpha value is -1.22. The maximum absolute atomic E-state index is 12.4. The van der Waals surface area contributed by atoms with E-state index in [0.717, 1.165) is 11.3 Å². The highest BCUT2D eigenvalue weighted by Gasteiger charge is 2.32. The maximum atomic E-state index is 12.4. The third kappa shape index (κ3) is 2.61. The number of hydrogen-bond acceptors (Lipinski definition) is 2. The summed E-state index contributed by atoms with van der Waals surface area (Å²) < 4.78 is 5.71. The Labute approximate surface area is 113 Å². The molecule has 18 heavy (non-hydrogen) atoms. The van der Waals surface area contributed by atoms with Crippen molar-refractivity contribution in [2.24, 2.45) is 0 Å². The first-order chi connectivity index (χ1) is 8.63. The van der Waals surface area contributed by atoms with Crippen LogP contribution in [0.15, 0.2) is 24.3 Å². The Morgan fingerprint density at radius 3 is 2.83 bits per heavy atom.